The summed E-state index contributed by atoms with van der Waals surface area (Å²) in [6.45, 7) is 0. The van der Waals surface area contributed by atoms with Crippen LogP contribution in [0.4, 0.5) is 0 Å². The highest BCUT2D eigenvalue weighted by Gasteiger charge is 2.46. The standard InChI is InChI=1S/C49H26O4/c1-3-29-13-19-41-43(21-29)52-45-25-31-15-17-35(23-33(31)27-47(45)50-41)49(39-11-7-5-9-37(39)38-10-6-8-12-40(38)49)36-18-16-32-26-46-48(28-34(32)24-36)51-42-20-14-30(4-2)22-44(42)53-46/h1-2,5-28H. The Morgan fingerprint density at radius 3 is 1.21 bits per heavy atom. The summed E-state index contributed by atoms with van der Waals surface area (Å²) in [7, 11) is 0. The fraction of sp³-hybridized carbons (Fsp3) is 0.0204. The van der Waals surface area contributed by atoms with Gasteiger partial charge in [0.1, 0.15) is 0 Å². The molecule has 0 aromatic heterocycles. The van der Waals surface area contributed by atoms with Gasteiger partial charge in [-0.05, 0) is 116 Å². The predicted octanol–water partition coefficient (Wildman–Crippen LogP) is 12.1. The molecular weight excluding hydrogens is 653 g/mol. The molecule has 0 fully saturated rings. The van der Waals surface area contributed by atoms with E-state index in [2.05, 4.69) is 109 Å². The van der Waals surface area contributed by atoms with Gasteiger partial charge in [0.25, 0.3) is 0 Å². The van der Waals surface area contributed by atoms with E-state index in [1.807, 2.05) is 48.5 Å². The van der Waals surface area contributed by atoms with Gasteiger partial charge in [0.05, 0.1) is 5.41 Å². The van der Waals surface area contributed by atoms with E-state index in [4.69, 9.17) is 31.8 Å². The third-order valence-electron chi connectivity index (χ3n) is 10.7. The molecule has 246 valence electrons. The summed E-state index contributed by atoms with van der Waals surface area (Å²) < 4.78 is 25.4. The van der Waals surface area contributed by atoms with Crippen molar-refractivity contribution in [2.24, 2.45) is 0 Å². The molecular formula is C49H26O4. The van der Waals surface area contributed by atoms with Crippen LogP contribution in [0.1, 0.15) is 33.4 Å². The Labute approximate surface area is 305 Å². The van der Waals surface area contributed by atoms with Crippen molar-refractivity contribution < 1.29 is 18.9 Å². The van der Waals surface area contributed by atoms with Crippen molar-refractivity contribution in [2.45, 2.75) is 5.41 Å². The van der Waals surface area contributed by atoms with Crippen LogP contribution in [-0.2, 0) is 5.41 Å². The fourth-order valence-corrected chi connectivity index (χ4v) is 8.32. The number of ether oxygens (including phenoxy) is 4. The highest BCUT2D eigenvalue weighted by Crippen LogP contribution is 2.57. The van der Waals surface area contributed by atoms with Crippen molar-refractivity contribution in [1.29, 1.82) is 0 Å². The lowest BCUT2D eigenvalue weighted by Gasteiger charge is -2.34. The lowest BCUT2D eigenvalue weighted by molar-refractivity contribution is 0.360. The van der Waals surface area contributed by atoms with Crippen LogP contribution < -0.4 is 18.9 Å². The van der Waals surface area contributed by atoms with Gasteiger partial charge in [-0.25, -0.2) is 0 Å². The first-order chi connectivity index (χ1) is 26.1. The molecule has 0 bridgehead atoms. The highest BCUT2D eigenvalue weighted by atomic mass is 16.6. The largest absolute Gasteiger partial charge is 0.449 e. The summed E-state index contributed by atoms with van der Waals surface area (Å²) in [5.74, 6) is 10.5. The molecule has 0 spiro atoms. The van der Waals surface area contributed by atoms with Gasteiger partial charge in [0, 0.05) is 23.3 Å². The average Bonchev–Trinajstić information content (AvgIpc) is 3.51. The second-order valence-electron chi connectivity index (χ2n) is 13.6. The monoisotopic (exact) mass is 678 g/mol. The molecule has 2 aliphatic heterocycles. The lowest BCUT2D eigenvalue weighted by Crippen LogP contribution is -2.28. The van der Waals surface area contributed by atoms with Crippen LogP contribution in [0.15, 0.2) is 146 Å². The molecule has 53 heavy (non-hydrogen) atoms. The Hall–Kier alpha value is -7.40. The van der Waals surface area contributed by atoms with Gasteiger partial charge in [-0.1, -0.05) is 84.6 Å². The molecule has 0 atom stereocenters. The number of fused-ring (bicyclic) bond motifs is 9. The molecule has 8 aromatic rings. The Morgan fingerprint density at radius 2 is 0.755 bits per heavy atom. The summed E-state index contributed by atoms with van der Waals surface area (Å²) in [6.07, 6.45) is 11.3. The van der Waals surface area contributed by atoms with Gasteiger partial charge in [-0.3, -0.25) is 0 Å². The molecule has 0 amide bonds. The number of terminal acetylenes is 2. The zero-order valence-electron chi connectivity index (χ0n) is 28.1. The summed E-state index contributed by atoms with van der Waals surface area (Å²) in [6, 6.07) is 50.3. The van der Waals surface area contributed by atoms with E-state index in [9.17, 15) is 0 Å². The zero-order chi connectivity index (χ0) is 35.3. The molecule has 0 unspecified atom stereocenters. The molecule has 0 saturated heterocycles. The van der Waals surface area contributed by atoms with Gasteiger partial charge in [-0.15, -0.1) is 12.8 Å². The van der Waals surface area contributed by atoms with Crippen LogP contribution >= 0.6 is 0 Å². The Kier molecular flexibility index (Phi) is 5.98. The molecule has 4 heteroatoms. The zero-order valence-corrected chi connectivity index (χ0v) is 28.1. The molecule has 4 nitrogen and oxygen atoms in total. The van der Waals surface area contributed by atoms with Gasteiger partial charge in [-0.2, -0.15) is 0 Å². The lowest BCUT2D eigenvalue weighted by atomic mass is 9.67. The Bertz CT molecular complexity index is 2790. The molecule has 0 radical (unpaired) electrons. The first-order valence-electron chi connectivity index (χ1n) is 17.4. The van der Waals surface area contributed by atoms with E-state index >= 15 is 0 Å². The minimum Gasteiger partial charge on any atom is -0.449 e. The summed E-state index contributed by atoms with van der Waals surface area (Å²) >= 11 is 0. The van der Waals surface area contributed by atoms with Crippen LogP contribution in [-0.4, -0.2) is 0 Å². The van der Waals surface area contributed by atoms with Crippen molar-refractivity contribution in [3.63, 3.8) is 0 Å². The van der Waals surface area contributed by atoms with Gasteiger partial charge < -0.3 is 18.9 Å². The third kappa shape index (κ3) is 4.21. The van der Waals surface area contributed by atoms with Crippen molar-refractivity contribution >= 4 is 21.5 Å². The van der Waals surface area contributed by atoms with Gasteiger partial charge in [0.15, 0.2) is 46.0 Å². The van der Waals surface area contributed by atoms with E-state index in [0.29, 0.717) is 46.0 Å². The molecule has 3 aliphatic rings. The SMILES string of the molecule is C#Cc1ccc2c(c1)Oc1cc3ccc(C4(c5ccc6cc7c(cc6c5)Oc5ccc(C#C)cc5O7)c5ccccc5-c5ccccc54)cc3cc1O2. The number of hydrogen-bond donors (Lipinski definition) is 0. The second kappa shape index (κ2) is 10.8. The number of benzene rings is 8. The highest BCUT2D eigenvalue weighted by molar-refractivity contribution is 5.93. The molecule has 8 aromatic carbocycles. The van der Waals surface area contributed by atoms with E-state index < -0.39 is 5.41 Å². The topological polar surface area (TPSA) is 36.9 Å². The van der Waals surface area contributed by atoms with Gasteiger partial charge >= 0.3 is 0 Å². The van der Waals surface area contributed by atoms with Crippen molar-refractivity contribution in [1.82, 2.24) is 0 Å². The van der Waals surface area contributed by atoms with Crippen molar-refractivity contribution in [3.05, 3.63) is 179 Å². The van der Waals surface area contributed by atoms with E-state index in [0.717, 1.165) is 43.8 Å². The van der Waals surface area contributed by atoms with Crippen LogP contribution in [0.25, 0.3) is 32.7 Å². The average molecular weight is 679 g/mol. The van der Waals surface area contributed by atoms with Crippen molar-refractivity contribution in [3.8, 4) is 81.8 Å². The quantitative estimate of drug-likeness (QED) is 0.171. The molecule has 2 heterocycles. The van der Waals surface area contributed by atoms with Crippen LogP contribution in [0.2, 0.25) is 0 Å². The van der Waals surface area contributed by atoms with Gasteiger partial charge in [0.2, 0.25) is 0 Å². The molecule has 11 rings (SSSR count). The fourth-order valence-electron chi connectivity index (χ4n) is 8.32. The first kappa shape index (κ1) is 29.3. The maximum Gasteiger partial charge on any atom is 0.171 e. The molecule has 1 aliphatic carbocycles. The minimum absolute atomic E-state index is 0.610. The maximum absolute atomic E-state index is 6.38. The van der Waals surface area contributed by atoms with Crippen LogP contribution in [0.3, 0.4) is 0 Å². The van der Waals surface area contributed by atoms with Crippen LogP contribution in [0, 0.1) is 24.7 Å². The van der Waals surface area contributed by atoms with E-state index in [-0.39, 0.29) is 0 Å². The number of hydrogen-bond acceptors (Lipinski definition) is 4. The molecule has 0 saturated carbocycles. The first-order valence-corrected chi connectivity index (χ1v) is 17.4. The number of rotatable bonds is 2. The van der Waals surface area contributed by atoms with Crippen LogP contribution in [0.5, 0.6) is 46.0 Å². The second-order valence-corrected chi connectivity index (χ2v) is 13.6. The summed E-state index contributed by atoms with van der Waals surface area (Å²) in [5, 5.41) is 4.17. The normalized spacial score (nSPS) is 13.6. The predicted molar refractivity (Wildman–Crippen MR) is 208 cm³/mol. The molecule has 0 N–H and O–H groups in total. The van der Waals surface area contributed by atoms with Crippen molar-refractivity contribution in [2.75, 3.05) is 0 Å². The summed E-state index contributed by atoms with van der Waals surface area (Å²) in [4.78, 5) is 0. The minimum atomic E-state index is -0.619. The third-order valence-corrected chi connectivity index (χ3v) is 10.7. The smallest absolute Gasteiger partial charge is 0.171 e. The van der Waals surface area contributed by atoms with E-state index in [1.165, 1.54) is 22.3 Å². The Balaban J connectivity index is 1.10. The maximum atomic E-state index is 6.38. The van der Waals surface area contributed by atoms with E-state index in [1.54, 1.807) is 0 Å². The Morgan fingerprint density at radius 1 is 0.358 bits per heavy atom. The summed E-state index contributed by atoms with van der Waals surface area (Å²) in [5.41, 5.74) is 8.05.